The normalized spacial score (nSPS) is 10.7. The van der Waals surface area contributed by atoms with E-state index >= 15 is 0 Å². The Balaban J connectivity index is 2.41. The summed E-state index contributed by atoms with van der Waals surface area (Å²) < 4.78 is 5.57. The van der Waals surface area contributed by atoms with Crippen molar-refractivity contribution >= 4 is 22.5 Å². The highest BCUT2D eigenvalue weighted by Crippen LogP contribution is 2.23. The Bertz CT molecular complexity index is 511. The number of benzene rings is 1. The Morgan fingerprint density at radius 3 is 2.88 bits per heavy atom. The van der Waals surface area contributed by atoms with Crippen LogP contribution in [0.2, 0.25) is 5.15 Å². The number of rotatable bonds is 3. The largest absolute Gasteiger partial charge is 0.494 e. The molecule has 1 aromatic heterocycles. The fourth-order valence-electron chi connectivity index (χ4n) is 1.55. The van der Waals surface area contributed by atoms with Gasteiger partial charge in [0.05, 0.1) is 12.1 Å². The van der Waals surface area contributed by atoms with Crippen molar-refractivity contribution in [3.8, 4) is 5.75 Å². The maximum atomic E-state index is 5.97. The van der Waals surface area contributed by atoms with Gasteiger partial charge in [-0.15, -0.1) is 0 Å². The lowest BCUT2D eigenvalue weighted by atomic mass is 10.1. The quantitative estimate of drug-likeness (QED) is 0.751. The Morgan fingerprint density at radius 2 is 2.12 bits per heavy atom. The van der Waals surface area contributed by atoms with Crippen LogP contribution in [0.1, 0.15) is 18.9 Å². The van der Waals surface area contributed by atoms with Crippen LogP contribution in [-0.4, -0.2) is 11.6 Å². The number of fused-ring (bicyclic) bond motifs is 1. The van der Waals surface area contributed by atoms with Crippen LogP contribution in [-0.2, 0) is 0 Å². The van der Waals surface area contributed by atoms with Gasteiger partial charge in [-0.2, -0.15) is 0 Å². The van der Waals surface area contributed by atoms with Gasteiger partial charge in [-0.05, 0) is 43.2 Å². The summed E-state index contributed by atoms with van der Waals surface area (Å²) >= 11 is 5.97. The molecule has 0 saturated carbocycles. The standard InChI is InChI=1S/C13H14ClNO/c1-3-6-16-11-4-5-12-10(8-11)7-9(2)13(14)15-12/h4-5,7-8H,3,6H2,1-2H3. The topological polar surface area (TPSA) is 22.1 Å². The summed E-state index contributed by atoms with van der Waals surface area (Å²) in [5, 5.41) is 1.63. The van der Waals surface area contributed by atoms with Gasteiger partial charge >= 0.3 is 0 Å². The molecule has 3 heteroatoms. The number of aryl methyl sites for hydroxylation is 1. The van der Waals surface area contributed by atoms with Crippen LogP contribution in [0.15, 0.2) is 24.3 Å². The van der Waals surface area contributed by atoms with Crippen LogP contribution in [0.3, 0.4) is 0 Å². The van der Waals surface area contributed by atoms with Gasteiger partial charge in [0.15, 0.2) is 0 Å². The van der Waals surface area contributed by atoms with Gasteiger partial charge < -0.3 is 4.74 Å². The number of ether oxygens (including phenoxy) is 1. The van der Waals surface area contributed by atoms with E-state index in [-0.39, 0.29) is 0 Å². The first-order chi connectivity index (χ1) is 7.70. The van der Waals surface area contributed by atoms with Crippen LogP contribution < -0.4 is 4.74 Å². The number of halogens is 1. The second-order valence-electron chi connectivity index (χ2n) is 3.80. The molecule has 2 nitrogen and oxygen atoms in total. The highest BCUT2D eigenvalue weighted by molar-refractivity contribution is 6.30. The molecule has 0 aliphatic carbocycles. The van der Waals surface area contributed by atoms with Crippen molar-refractivity contribution in [2.24, 2.45) is 0 Å². The molecule has 1 aromatic carbocycles. The predicted molar refractivity (Wildman–Crippen MR) is 67.3 cm³/mol. The van der Waals surface area contributed by atoms with Crippen LogP contribution in [0.4, 0.5) is 0 Å². The third kappa shape index (κ3) is 2.27. The molecule has 84 valence electrons. The molecule has 16 heavy (non-hydrogen) atoms. The first-order valence-corrected chi connectivity index (χ1v) is 5.78. The zero-order valence-electron chi connectivity index (χ0n) is 9.46. The van der Waals surface area contributed by atoms with Crippen molar-refractivity contribution in [3.05, 3.63) is 35.0 Å². The van der Waals surface area contributed by atoms with E-state index in [9.17, 15) is 0 Å². The summed E-state index contributed by atoms with van der Waals surface area (Å²) in [7, 11) is 0. The summed E-state index contributed by atoms with van der Waals surface area (Å²) in [6.45, 7) is 4.78. The molecule has 0 N–H and O–H groups in total. The van der Waals surface area contributed by atoms with E-state index in [1.807, 2.05) is 31.2 Å². The van der Waals surface area contributed by atoms with Crippen molar-refractivity contribution in [3.63, 3.8) is 0 Å². The monoisotopic (exact) mass is 235 g/mol. The minimum absolute atomic E-state index is 0.565. The molecule has 2 aromatic rings. The average Bonchev–Trinajstić information content (AvgIpc) is 2.28. The molecule has 0 spiro atoms. The molecule has 0 atom stereocenters. The molecule has 2 rings (SSSR count). The fraction of sp³-hybridized carbons (Fsp3) is 0.308. The molecule has 0 unspecified atom stereocenters. The zero-order chi connectivity index (χ0) is 11.5. The average molecular weight is 236 g/mol. The van der Waals surface area contributed by atoms with Gasteiger partial charge in [-0.25, -0.2) is 4.98 Å². The number of hydrogen-bond acceptors (Lipinski definition) is 2. The summed E-state index contributed by atoms with van der Waals surface area (Å²) in [4.78, 5) is 4.31. The summed E-state index contributed by atoms with van der Waals surface area (Å²) in [5.74, 6) is 0.887. The molecule has 1 heterocycles. The molecule has 0 bridgehead atoms. The lowest BCUT2D eigenvalue weighted by molar-refractivity contribution is 0.318. The Kier molecular flexibility index (Phi) is 3.30. The van der Waals surface area contributed by atoms with Crippen LogP contribution in [0, 0.1) is 6.92 Å². The Hall–Kier alpha value is -1.28. The van der Waals surface area contributed by atoms with Crippen molar-refractivity contribution in [2.75, 3.05) is 6.61 Å². The molecule has 0 fully saturated rings. The van der Waals surface area contributed by atoms with Crippen molar-refractivity contribution in [1.82, 2.24) is 4.98 Å². The highest BCUT2D eigenvalue weighted by atomic mass is 35.5. The van der Waals surface area contributed by atoms with E-state index in [1.54, 1.807) is 0 Å². The predicted octanol–water partition coefficient (Wildman–Crippen LogP) is 3.99. The maximum Gasteiger partial charge on any atom is 0.132 e. The van der Waals surface area contributed by atoms with E-state index in [0.717, 1.165) is 35.2 Å². The van der Waals surface area contributed by atoms with E-state index in [4.69, 9.17) is 16.3 Å². The van der Waals surface area contributed by atoms with Crippen molar-refractivity contribution < 1.29 is 4.74 Å². The van der Waals surface area contributed by atoms with Gasteiger partial charge in [-0.1, -0.05) is 18.5 Å². The summed E-state index contributed by atoms with van der Waals surface area (Å²) in [6.07, 6.45) is 1.01. The zero-order valence-corrected chi connectivity index (χ0v) is 10.2. The van der Waals surface area contributed by atoms with E-state index in [0.29, 0.717) is 5.15 Å². The van der Waals surface area contributed by atoms with Gasteiger partial charge in [0.2, 0.25) is 0 Å². The molecule has 0 amide bonds. The minimum Gasteiger partial charge on any atom is -0.494 e. The molecular formula is C13H14ClNO. The Morgan fingerprint density at radius 1 is 1.31 bits per heavy atom. The molecule has 0 radical (unpaired) electrons. The van der Waals surface area contributed by atoms with E-state index < -0.39 is 0 Å². The molecule has 0 aliphatic rings. The number of pyridine rings is 1. The maximum absolute atomic E-state index is 5.97. The fourth-order valence-corrected chi connectivity index (χ4v) is 1.69. The van der Waals surface area contributed by atoms with Crippen LogP contribution in [0.5, 0.6) is 5.75 Å². The van der Waals surface area contributed by atoms with E-state index in [2.05, 4.69) is 11.9 Å². The van der Waals surface area contributed by atoms with Gasteiger partial charge in [0.25, 0.3) is 0 Å². The van der Waals surface area contributed by atoms with E-state index in [1.165, 1.54) is 0 Å². The first kappa shape index (κ1) is 11.2. The van der Waals surface area contributed by atoms with Crippen molar-refractivity contribution in [1.29, 1.82) is 0 Å². The summed E-state index contributed by atoms with van der Waals surface area (Å²) in [5.41, 5.74) is 1.89. The smallest absolute Gasteiger partial charge is 0.132 e. The molecule has 0 aliphatic heterocycles. The summed E-state index contributed by atoms with van der Waals surface area (Å²) in [6, 6.07) is 7.90. The lowest BCUT2D eigenvalue weighted by Gasteiger charge is -2.06. The van der Waals surface area contributed by atoms with Gasteiger partial charge in [-0.3, -0.25) is 0 Å². The number of aromatic nitrogens is 1. The SMILES string of the molecule is CCCOc1ccc2nc(Cl)c(C)cc2c1. The van der Waals surface area contributed by atoms with Crippen LogP contribution >= 0.6 is 11.6 Å². The molecular weight excluding hydrogens is 222 g/mol. The molecule has 0 saturated heterocycles. The van der Waals surface area contributed by atoms with Crippen LogP contribution in [0.25, 0.3) is 10.9 Å². The second-order valence-corrected chi connectivity index (χ2v) is 4.16. The first-order valence-electron chi connectivity index (χ1n) is 5.40. The minimum atomic E-state index is 0.565. The van der Waals surface area contributed by atoms with Gasteiger partial charge in [0.1, 0.15) is 10.9 Å². The Labute approximate surface area is 100 Å². The lowest BCUT2D eigenvalue weighted by Crippen LogP contribution is -1.95. The van der Waals surface area contributed by atoms with Gasteiger partial charge in [0, 0.05) is 5.39 Å². The highest BCUT2D eigenvalue weighted by Gasteiger charge is 2.02. The third-order valence-corrected chi connectivity index (χ3v) is 2.77. The third-order valence-electron chi connectivity index (χ3n) is 2.39. The second kappa shape index (κ2) is 4.71. The number of nitrogens with zero attached hydrogens (tertiary/aromatic N) is 1. The number of hydrogen-bond donors (Lipinski definition) is 0. The van der Waals surface area contributed by atoms with Crippen molar-refractivity contribution in [2.45, 2.75) is 20.3 Å².